The summed E-state index contributed by atoms with van der Waals surface area (Å²) in [5.74, 6) is 1.89. The maximum atomic E-state index is 3.94. The summed E-state index contributed by atoms with van der Waals surface area (Å²) in [5, 5.41) is 0. The van der Waals surface area contributed by atoms with Crippen molar-refractivity contribution in [2.24, 2.45) is 11.8 Å². The number of unbranched alkanes of at least 4 members (excludes halogenated alkanes) is 10. The van der Waals surface area contributed by atoms with Crippen molar-refractivity contribution in [1.82, 2.24) is 0 Å². The van der Waals surface area contributed by atoms with Crippen LogP contribution in [0.1, 0.15) is 117 Å². The van der Waals surface area contributed by atoms with Crippen LogP contribution in [0.5, 0.6) is 0 Å². The maximum absolute atomic E-state index is 3.94. The van der Waals surface area contributed by atoms with Gasteiger partial charge in [0.25, 0.3) is 0 Å². The second kappa shape index (κ2) is 19.1. The molecule has 0 fully saturated rings. The van der Waals surface area contributed by atoms with Crippen LogP contribution >= 0.6 is 0 Å². The van der Waals surface area contributed by atoms with Crippen LogP contribution in [0, 0.1) is 25.7 Å². The Labute approximate surface area is 154 Å². The summed E-state index contributed by atoms with van der Waals surface area (Å²) in [4.78, 5) is 0. The lowest BCUT2D eigenvalue weighted by molar-refractivity contribution is 0.288. The molecule has 0 rings (SSSR count). The molecule has 0 saturated carbocycles. The highest BCUT2D eigenvalue weighted by Crippen LogP contribution is 2.27. The van der Waals surface area contributed by atoms with E-state index in [0.29, 0.717) is 0 Å². The SMILES string of the molecule is [CH2]CC/C=C/CCCCCCCC(CCCCCC[CH2])C(C)CC. The summed E-state index contributed by atoms with van der Waals surface area (Å²) in [7, 11) is 0. The molecule has 2 atom stereocenters. The molecule has 0 aromatic rings. The van der Waals surface area contributed by atoms with Gasteiger partial charge in [-0.2, -0.15) is 0 Å². The maximum Gasteiger partial charge on any atom is -0.0351 e. The quantitative estimate of drug-likeness (QED) is 0.174. The van der Waals surface area contributed by atoms with Crippen LogP contribution in [0.2, 0.25) is 0 Å². The van der Waals surface area contributed by atoms with Crippen LogP contribution in [0.4, 0.5) is 0 Å². The predicted octanol–water partition coefficient (Wildman–Crippen LogP) is 8.72. The van der Waals surface area contributed by atoms with Gasteiger partial charge in [-0.15, -0.1) is 0 Å². The molecule has 0 nitrogen and oxygen atoms in total. The fourth-order valence-electron chi connectivity index (χ4n) is 3.54. The van der Waals surface area contributed by atoms with Gasteiger partial charge in [0, 0.05) is 0 Å². The minimum Gasteiger partial charge on any atom is -0.0885 e. The molecule has 0 bridgehead atoms. The Bertz CT molecular complexity index is 253. The van der Waals surface area contributed by atoms with Crippen molar-refractivity contribution in [2.75, 3.05) is 0 Å². The monoisotopic (exact) mass is 334 g/mol. The zero-order chi connectivity index (χ0) is 17.9. The molecular weight excluding hydrogens is 288 g/mol. The molecule has 0 aromatic carbocycles. The minimum atomic E-state index is 0.913. The van der Waals surface area contributed by atoms with Crippen molar-refractivity contribution in [3.63, 3.8) is 0 Å². The van der Waals surface area contributed by atoms with Crippen LogP contribution in [0.15, 0.2) is 12.2 Å². The van der Waals surface area contributed by atoms with Crippen molar-refractivity contribution in [2.45, 2.75) is 117 Å². The first-order valence-corrected chi connectivity index (χ1v) is 11.0. The van der Waals surface area contributed by atoms with Crippen LogP contribution in [-0.2, 0) is 0 Å². The summed E-state index contributed by atoms with van der Waals surface area (Å²) in [6.07, 6.45) is 26.1. The van der Waals surface area contributed by atoms with Gasteiger partial charge < -0.3 is 0 Å². The summed E-state index contributed by atoms with van der Waals surface area (Å²) in [6, 6.07) is 0. The minimum absolute atomic E-state index is 0.913. The number of rotatable bonds is 18. The average Bonchev–Trinajstić information content (AvgIpc) is 2.60. The first kappa shape index (κ1) is 23.7. The van der Waals surface area contributed by atoms with Crippen molar-refractivity contribution in [3.8, 4) is 0 Å². The highest BCUT2D eigenvalue weighted by atomic mass is 14.2. The zero-order valence-electron chi connectivity index (χ0n) is 17.0. The smallest absolute Gasteiger partial charge is 0.0351 e. The number of allylic oxidation sites excluding steroid dienone is 2. The summed E-state index contributed by atoms with van der Waals surface area (Å²) in [5.41, 5.74) is 0. The van der Waals surface area contributed by atoms with Gasteiger partial charge in [0.05, 0.1) is 0 Å². The molecule has 0 aliphatic rings. The standard InChI is InChI=1S/C24H46/c1-5-8-10-12-13-14-15-16-18-20-22-24(23(4)7-3)21-19-17-11-9-6-2/h10,12,23-24H,1-2,5-9,11,13-22H2,3-4H3/b12-10+. The van der Waals surface area contributed by atoms with E-state index < -0.39 is 0 Å². The molecule has 0 aliphatic carbocycles. The molecule has 0 heterocycles. The lowest BCUT2D eigenvalue weighted by Crippen LogP contribution is -2.11. The molecule has 2 unspecified atom stereocenters. The Hall–Kier alpha value is -0.260. The van der Waals surface area contributed by atoms with Gasteiger partial charge in [0.2, 0.25) is 0 Å². The molecule has 0 spiro atoms. The first-order chi connectivity index (χ1) is 11.8. The fourth-order valence-corrected chi connectivity index (χ4v) is 3.54. The second-order valence-corrected chi connectivity index (χ2v) is 7.66. The van der Waals surface area contributed by atoms with Crippen molar-refractivity contribution in [3.05, 3.63) is 26.0 Å². The van der Waals surface area contributed by atoms with Gasteiger partial charge in [-0.1, -0.05) is 117 Å². The topological polar surface area (TPSA) is 0 Å². The van der Waals surface area contributed by atoms with Gasteiger partial charge in [-0.3, -0.25) is 0 Å². The number of hydrogen-bond donors (Lipinski definition) is 0. The summed E-state index contributed by atoms with van der Waals surface area (Å²) in [6.45, 7) is 12.6. The van der Waals surface area contributed by atoms with E-state index in [1.807, 2.05) is 0 Å². The zero-order valence-corrected chi connectivity index (χ0v) is 17.0. The Morgan fingerprint density at radius 2 is 1.21 bits per heavy atom. The Kier molecular flexibility index (Phi) is 18.9. The molecule has 0 N–H and O–H groups in total. The molecule has 0 saturated heterocycles. The lowest BCUT2D eigenvalue weighted by atomic mass is 9.83. The van der Waals surface area contributed by atoms with E-state index in [9.17, 15) is 0 Å². The van der Waals surface area contributed by atoms with E-state index in [1.165, 1.54) is 83.5 Å². The van der Waals surface area contributed by atoms with E-state index in [0.717, 1.165) is 31.1 Å². The van der Waals surface area contributed by atoms with Gasteiger partial charge in [-0.05, 0) is 37.5 Å². The normalized spacial score (nSPS) is 14.3. The molecule has 142 valence electrons. The van der Waals surface area contributed by atoms with Gasteiger partial charge in [0.1, 0.15) is 0 Å². The Morgan fingerprint density at radius 3 is 1.79 bits per heavy atom. The van der Waals surface area contributed by atoms with Gasteiger partial charge in [0.15, 0.2) is 0 Å². The van der Waals surface area contributed by atoms with Crippen molar-refractivity contribution in [1.29, 1.82) is 0 Å². The largest absolute Gasteiger partial charge is 0.0885 e. The van der Waals surface area contributed by atoms with Crippen molar-refractivity contribution >= 4 is 0 Å². The molecule has 0 heteroatoms. The van der Waals surface area contributed by atoms with Crippen LogP contribution in [-0.4, -0.2) is 0 Å². The van der Waals surface area contributed by atoms with Crippen LogP contribution in [0.3, 0.4) is 0 Å². The molecule has 2 radical (unpaired) electrons. The van der Waals surface area contributed by atoms with E-state index in [1.54, 1.807) is 0 Å². The van der Waals surface area contributed by atoms with E-state index in [2.05, 4.69) is 39.8 Å². The molecule has 24 heavy (non-hydrogen) atoms. The average molecular weight is 335 g/mol. The summed E-state index contributed by atoms with van der Waals surface area (Å²) >= 11 is 0. The van der Waals surface area contributed by atoms with E-state index >= 15 is 0 Å². The Balaban J connectivity index is 3.64. The molecule has 0 amide bonds. The van der Waals surface area contributed by atoms with Gasteiger partial charge in [-0.25, -0.2) is 0 Å². The lowest BCUT2D eigenvalue weighted by Gasteiger charge is -2.23. The molecular formula is C24H46. The van der Waals surface area contributed by atoms with Crippen LogP contribution < -0.4 is 0 Å². The third-order valence-corrected chi connectivity index (χ3v) is 5.51. The first-order valence-electron chi connectivity index (χ1n) is 11.0. The Morgan fingerprint density at radius 1 is 0.667 bits per heavy atom. The second-order valence-electron chi connectivity index (χ2n) is 7.66. The highest BCUT2D eigenvalue weighted by Gasteiger charge is 2.14. The van der Waals surface area contributed by atoms with E-state index in [-0.39, 0.29) is 0 Å². The summed E-state index contributed by atoms with van der Waals surface area (Å²) < 4.78 is 0. The van der Waals surface area contributed by atoms with Crippen LogP contribution in [0.25, 0.3) is 0 Å². The fraction of sp³-hybridized carbons (Fsp3) is 0.833. The number of hydrogen-bond acceptors (Lipinski definition) is 0. The third kappa shape index (κ3) is 15.3. The van der Waals surface area contributed by atoms with E-state index in [4.69, 9.17) is 0 Å². The van der Waals surface area contributed by atoms with Gasteiger partial charge >= 0.3 is 0 Å². The highest BCUT2D eigenvalue weighted by molar-refractivity contribution is 4.81. The molecule has 0 aliphatic heterocycles. The third-order valence-electron chi connectivity index (χ3n) is 5.51. The molecule has 0 aromatic heterocycles. The van der Waals surface area contributed by atoms with Crippen molar-refractivity contribution < 1.29 is 0 Å². The predicted molar refractivity (Wildman–Crippen MR) is 112 cm³/mol.